The van der Waals surface area contributed by atoms with Gasteiger partial charge in [-0.15, -0.1) is 0 Å². The Kier molecular flexibility index (Phi) is 5.58. The van der Waals surface area contributed by atoms with Gasteiger partial charge in [0.15, 0.2) is 5.60 Å². The first-order chi connectivity index (χ1) is 9.51. The fourth-order valence-electron chi connectivity index (χ4n) is 2.14. The standard InChI is InChI=1S/C14H26N2O5/c1-13(2,3)21-12(19)16-7-5-6-15(8-9-16)10-14(4,20)11(17)18/h20H,5-10H2,1-4H3,(H,17,18). The number of aliphatic carboxylic acids is 1. The molecule has 1 fully saturated rings. The third-order valence-corrected chi connectivity index (χ3v) is 3.23. The highest BCUT2D eigenvalue weighted by molar-refractivity contribution is 5.76. The Hall–Kier alpha value is -1.34. The Morgan fingerprint density at radius 2 is 1.71 bits per heavy atom. The fraction of sp³-hybridized carbons (Fsp3) is 0.857. The van der Waals surface area contributed by atoms with Crippen LogP contribution >= 0.6 is 0 Å². The summed E-state index contributed by atoms with van der Waals surface area (Å²) in [5, 5.41) is 18.8. The van der Waals surface area contributed by atoms with Crippen molar-refractivity contribution in [1.82, 2.24) is 9.80 Å². The van der Waals surface area contributed by atoms with Gasteiger partial charge in [0.1, 0.15) is 5.60 Å². The third kappa shape index (κ3) is 5.89. The lowest BCUT2D eigenvalue weighted by Crippen LogP contribution is -2.48. The zero-order valence-electron chi connectivity index (χ0n) is 13.3. The zero-order chi connectivity index (χ0) is 16.3. The number of amides is 1. The molecule has 1 saturated heterocycles. The molecule has 0 aliphatic carbocycles. The summed E-state index contributed by atoms with van der Waals surface area (Å²) in [4.78, 5) is 26.4. The molecule has 1 aliphatic rings. The van der Waals surface area contributed by atoms with E-state index < -0.39 is 17.2 Å². The van der Waals surface area contributed by atoms with Crippen molar-refractivity contribution in [2.45, 2.75) is 45.3 Å². The van der Waals surface area contributed by atoms with Gasteiger partial charge >= 0.3 is 12.1 Å². The highest BCUT2D eigenvalue weighted by Crippen LogP contribution is 2.14. The summed E-state index contributed by atoms with van der Waals surface area (Å²) in [6, 6.07) is 0. The van der Waals surface area contributed by atoms with Crippen molar-refractivity contribution < 1.29 is 24.5 Å². The van der Waals surface area contributed by atoms with Crippen LogP contribution in [0.2, 0.25) is 0 Å². The summed E-state index contributed by atoms with van der Waals surface area (Å²) in [7, 11) is 0. The van der Waals surface area contributed by atoms with E-state index in [1.807, 2.05) is 25.7 Å². The van der Waals surface area contributed by atoms with Gasteiger partial charge in [-0.05, 0) is 34.1 Å². The predicted octanol–water partition coefficient (Wildman–Crippen LogP) is 0.765. The van der Waals surface area contributed by atoms with Crippen molar-refractivity contribution >= 4 is 12.1 Å². The molecular formula is C14H26N2O5. The number of rotatable bonds is 3. The van der Waals surface area contributed by atoms with Crippen LogP contribution in [0, 0.1) is 0 Å². The summed E-state index contributed by atoms with van der Waals surface area (Å²) < 4.78 is 5.33. The number of nitrogens with zero attached hydrogens (tertiary/aromatic N) is 2. The van der Waals surface area contributed by atoms with Crippen molar-refractivity contribution in [2.75, 3.05) is 32.7 Å². The Morgan fingerprint density at radius 1 is 1.10 bits per heavy atom. The van der Waals surface area contributed by atoms with Crippen LogP contribution in [-0.2, 0) is 9.53 Å². The summed E-state index contributed by atoms with van der Waals surface area (Å²) >= 11 is 0. The molecule has 7 heteroatoms. The summed E-state index contributed by atoms with van der Waals surface area (Å²) in [5.41, 5.74) is -2.31. The Bertz CT molecular complexity index is 389. The maximum Gasteiger partial charge on any atom is 0.410 e. The molecule has 1 unspecified atom stereocenters. The molecule has 1 heterocycles. The molecule has 21 heavy (non-hydrogen) atoms. The summed E-state index contributed by atoms with van der Waals surface area (Å²) in [5.74, 6) is -1.24. The minimum absolute atomic E-state index is 0.0461. The van der Waals surface area contributed by atoms with Crippen molar-refractivity contribution in [2.24, 2.45) is 0 Å². The second-order valence-electron chi connectivity index (χ2n) is 6.68. The first-order valence-electron chi connectivity index (χ1n) is 7.17. The van der Waals surface area contributed by atoms with Crippen LogP contribution < -0.4 is 0 Å². The molecule has 1 rings (SSSR count). The first kappa shape index (κ1) is 17.7. The molecule has 0 saturated carbocycles. The highest BCUT2D eigenvalue weighted by atomic mass is 16.6. The smallest absolute Gasteiger partial charge is 0.410 e. The van der Waals surface area contributed by atoms with Gasteiger partial charge in [-0.1, -0.05) is 0 Å². The number of carbonyl (C=O) groups excluding carboxylic acids is 1. The van der Waals surface area contributed by atoms with Gasteiger partial charge in [0.05, 0.1) is 0 Å². The van der Waals surface area contributed by atoms with Gasteiger partial charge in [-0.25, -0.2) is 9.59 Å². The van der Waals surface area contributed by atoms with E-state index in [1.54, 1.807) is 4.90 Å². The van der Waals surface area contributed by atoms with E-state index in [2.05, 4.69) is 0 Å². The minimum Gasteiger partial charge on any atom is -0.479 e. The SMILES string of the molecule is CC(C)(C)OC(=O)N1CCCN(CC(C)(O)C(=O)O)CC1. The minimum atomic E-state index is -1.78. The topological polar surface area (TPSA) is 90.3 Å². The van der Waals surface area contributed by atoms with Crippen molar-refractivity contribution in [1.29, 1.82) is 0 Å². The Morgan fingerprint density at radius 3 is 2.24 bits per heavy atom. The predicted molar refractivity (Wildman–Crippen MR) is 77.1 cm³/mol. The molecule has 0 aromatic rings. The highest BCUT2D eigenvalue weighted by Gasteiger charge is 2.33. The zero-order valence-corrected chi connectivity index (χ0v) is 13.3. The maximum atomic E-state index is 12.0. The third-order valence-electron chi connectivity index (χ3n) is 3.23. The Labute approximate surface area is 125 Å². The van der Waals surface area contributed by atoms with E-state index in [0.29, 0.717) is 26.2 Å². The maximum absolute atomic E-state index is 12.0. The average molecular weight is 302 g/mol. The number of carbonyl (C=O) groups is 2. The molecule has 0 aromatic heterocycles. The molecule has 1 aliphatic heterocycles. The second kappa shape index (κ2) is 6.62. The van der Waals surface area contributed by atoms with Gasteiger partial charge in [-0.3, -0.25) is 4.90 Å². The number of carboxylic acids is 1. The number of aliphatic hydroxyl groups is 1. The molecule has 0 radical (unpaired) electrons. The molecule has 7 nitrogen and oxygen atoms in total. The van der Waals surface area contributed by atoms with E-state index in [9.17, 15) is 14.7 Å². The largest absolute Gasteiger partial charge is 0.479 e. The number of hydrogen-bond acceptors (Lipinski definition) is 5. The lowest BCUT2D eigenvalue weighted by Gasteiger charge is -2.28. The summed E-state index contributed by atoms with van der Waals surface area (Å²) in [6.07, 6.45) is 0.365. The molecular weight excluding hydrogens is 276 g/mol. The molecule has 1 atom stereocenters. The van der Waals surface area contributed by atoms with Crippen LogP contribution in [0.15, 0.2) is 0 Å². The van der Waals surface area contributed by atoms with Crippen molar-refractivity contribution in [3.05, 3.63) is 0 Å². The quantitative estimate of drug-likeness (QED) is 0.800. The first-order valence-corrected chi connectivity index (χ1v) is 7.17. The lowest BCUT2D eigenvalue weighted by atomic mass is 10.1. The lowest BCUT2D eigenvalue weighted by molar-refractivity contribution is -0.158. The van der Waals surface area contributed by atoms with Crippen molar-refractivity contribution in [3.63, 3.8) is 0 Å². The van der Waals surface area contributed by atoms with Crippen LogP contribution in [0.5, 0.6) is 0 Å². The van der Waals surface area contributed by atoms with E-state index in [4.69, 9.17) is 9.84 Å². The second-order valence-corrected chi connectivity index (χ2v) is 6.68. The van der Waals surface area contributed by atoms with Gasteiger partial charge in [0.2, 0.25) is 0 Å². The van der Waals surface area contributed by atoms with Gasteiger partial charge < -0.3 is 19.8 Å². The van der Waals surface area contributed by atoms with Gasteiger partial charge in [0.25, 0.3) is 0 Å². The average Bonchev–Trinajstić information content (AvgIpc) is 2.51. The number of β-amino-alcohol motifs (C(OH)–C–C–N with tert-alkyl or cyclic N) is 1. The summed E-state index contributed by atoms with van der Waals surface area (Å²) in [6.45, 7) is 8.98. The van der Waals surface area contributed by atoms with Gasteiger partial charge in [0, 0.05) is 32.7 Å². The Balaban J connectivity index is 2.54. The van der Waals surface area contributed by atoms with E-state index in [1.165, 1.54) is 6.92 Å². The number of hydrogen-bond donors (Lipinski definition) is 2. The van der Waals surface area contributed by atoms with Gasteiger partial charge in [-0.2, -0.15) is 0 Å². The van der Waals surface area contributed by atoms with Crippen LogP contribution in [0.25, 0.3) is 0 Å². The monoisotopic (exact) mass is 302 g/mol. The normalized spacial score (nSPS) is 20.5. The van der Waals surface area contributed by atoms with Crippen LogP contribution in [0.4, 0.5) is 4.79 Å². The molecule has 0 aromatic carbocycles. The molecule has 1 amide bonds. The molecule has 0 bridgehead atoms. The van der Waals surface area contributed by atoms with Crippen molar-refractivity contribution in [3.8, 4) is 0 Å². The number of ether oxygens (including phenoxy) is 1. The molecule has 122 valence electrons. The van der Waals surface area contributed by atoms with E-state index in [0.717, 1.165) is 6.42 Å². The number of carboxylic acid groups (broad SMARTS) is 1. The molecule has 2 N–H and O–H groups in total. The van der Waals surface area contributed by atoms with E-state index in [-0.39, 0.29) is 12.6 Å². The fourth-order valence-corrected chi connectivity index (χ4v) is 2.14. The van der Waals surface area contributed by atoms with Crippen LogP contribution in [0.1, 0.15) is 34.1 Å². The molecule has 0 spiro atoms. The van der Waals surface area contributed by atoms with Crippen LogP contribution in [0.3, 0.4) is 0 Å². The van der Waals surface area contributed by atoms with Crippen LogP contribution in [-0.4, -0.2) is 76.0 Å². The van der Waals surface area contributed by atoms with E-state index >= 15 is 0 Å².